The van der Waals surface area contributed by atoms with Crippen molar-refractivity contribution < 1.29 is 19.1 Å². The van der Waals surface area contributed by atoms with Crippen molar-refractivity contribution in [2.75, 3.05) is 39.8 Å². The minimum Gasteiger partial charge on any atom is -0.465 e. The van der Waals surface area contributed by atoms with Gasteiger partial charge in [0.2, 0.25) is 0 Å². The highest BCUT2D eigenvalue weighted by molar-refractivity contribution is 7.20. The number of hydrogen-bond acceptors (Lipinski definition) is 6. The molecule has 196 valence electrons. The number of piperazine rings is 1. The van der Waals surface area contributed by atoms with Crippen molar-refractivity contribution in [1.29, 1.82) is 0 Å². The Balaban J connectivity index is 1.21. The van der Waals surface area contributed by atoms with Crippen LogP contribution in [0.3, 0.4) is 0 Å². The largest absolute Gasteiger partial charge is 0.465 e. The molecule has 6 nitrogen and oxygen atoms in total. The van der Waals surface area contributed by atoms with Gasteiger partial charge >= 0.3 is 5.97 Å². The van der Waals surface area contributed by atoms with Gasteiger partial charge in [0.1, 0.15) is 0 Å². The monoisotopic (exact) mass is 548 g/mol. The molecule has 0 N–H and O–H groups in total. The summed E-state index contributed by atoms with van der Waals surface area (Å²) in [5.41, 5.74) is 2.52. The number of amides is 1. The average molecular weight is 549 g/mol. The molecule has 0 saturated carbocycles. The van der Waals surface area contributed by atoms with E-state index >= 15 is 0 Å². The molecule has 1 fully saturated rings. The second kappa shape index (κ2) is 12.1. The fourth-order valence-corrected chi connectivity index (χ4v) is 5.75. The Morgan fingerprint density at radius 3 is 2.34 bits per heavy atom. The van der Waals surface area contributed by atoms with E-state index in [1.165, 1.54) is 7.11 Å². The number of esters is 1. The predicted octanol–water partition coefficient (Wildman–Crippen LogP) is 6.06. The van der Waals surface area contributed by atoms with E-state index in [0.29, 0.717) is 36.8 Å². The lowest BCUT2D eigenvalue weighted by Crippen LogP contribution is -2.49. The zero-order valence-corrected chi connectivity index (χ0v) is 22.7. The summed E-state index contributed by atoms with van der Waals surface area (Å²) in [5.74, 6) is -0.256. The molecular weight excluding hydrogens is 520 g/mol. The molecule has 3 aromatic carbocycles. The molecule has 0 aliphatic carbocycles. The summed E-state index contributed by atoms with van der Waals surface area (Å²) < 4.78 is 12.3. The molecule has 2 heterocycles. The number of nitrogens with zero attached hydrogens (tertiary/aromatic N) is 2. The molecule has 0 unspecified atom stereocenters. The minimum atomic E-state index is -0.360. The van der Waals surface area contributed by atoms with Gasteiger partial charge in [-0.05, 0) is 52.9 Å². The lowest BCUT2D eigenvalue weighted by Gasteiger charge is -2.36. The molecule has 1 saturated heterocycles. The number of thiophene rings is 1. The predicted molar refractivity (Wildman–Crippen MR) is 151 cm³/mol. The van der Waals surface area contributed by atoms with E-state index < -0.39 is 0 Å². The second-order valence-corrected chi connectivity index (χ2v) is 10.8. The highest BCUT2D eigenvalue weighted by Crippen LogP contribution is 2.27. The second-order valence-electron chi connectivity index (χ2n) is 9.28. The number of methoxy groups -OCH3 is 1. The minimum absolute atomic E-state index is 0.103. The van der Waals surface area contributed by atoms with E-state index in [2.05, 4.69) is 11.0 Å². The van der Waals surface area contributed by atoms with Crippen molar-refractivity contribution in [3.05, 3.63) is 105 Å². The molecule has 1 amide bonds. The zero-order valence-electron chi connectivity index (χ0n) is 21.1. The summed E-state index contributed by atoms with van der Waals surface area (Å²) in [6.07, 6.45) is -0.169. The van der Waals surface area contributed by atoms with Crippen molar-refractivity contribution in [2.24, 2.45) is 0 Å². The van der Waals surface area contributed by atoms with Gasteiger partial charge in [-0.15, -0.1) is 11.3 Å². The maximum Gasteiger partial charge on any atom is 0.337 e. The van der Waals surface area contributed by atoms with Crippen LogP contribution in [0.15, 0.2) is 78.9 Å². The topological polar surface area (TPSA) is 59.1 Å². The van der Waals surface area contributed by atoms with E-state index in [1.54, 1.807) is 23.5 Å². The first-order chi connectivity index (χ1) is 18.5. The molecule has 0 radical (unpaired) electrons. The maximum atomic E-state index is 13.1. The van der Waals surface area contributed by atoms with Crippen LogP contribution >= 0.6 is 22.9 Å². The van der Waals surface area contributed by atoms with Crippen LogP contribution < -0.4 is 0 Å². The summed E-state index contributed by atoms with van der Waals surface area (Å²) >= 11 is 7.69. The summed E-state index contributed by atoms with van der Waals surface area (Å²) in [6, 6.07) is 25.1. The van der Waals surface area contributed by atoms with Gasteiger partial charge in [-0.1, -0.05) is 54.1 Å². The van der Waals surface area contributed by atoms with Gasteiger partial charge in [-0.2, -0.15) is 0 Å². The number of ether oxygens (including phenoxy) is 2. The normalized spacial score (nSPS) is 14.9. The SMILES string of the molecule is COC(=O)c1ccc(CO[C@H](CN2CCN(C(=O)c3cc4ccccc4s3)CC2)c2ccc(Cl)cc2)cc1. The first kappa shape index (κ1) is 26.4. The summed E-state index contributed by atoms with van der Waals surface area (Å²) in [7, 11) is 1.37. The van der Waals surface area contributed by atoms with Crippen molar-refractivity contribution in [1.82, 2.24) is 9.80 Å². The van der Waals surface area contributed by atoms with E-state index in [0.717, 1.165) is 39.2 Å². The first-order valence-corrected chi connectivity index (χ1v) is 13.7. The average Bonchev–Trinajstić information content (AvgIpc) is 3.40. The number of halogens is 1. The van der Waals surface area contributed by atoms with Crippen molar-refractivity contribution in [2.45, 2.75) is 12.7 Å². The van der Waals surface area contributed by atoms with Crippen molar-refractivity contribution >= 4 is 44.9 Å². The Hall–Kier alpha value is -3.23. The number of hydrogen-bond donors (Lipinski definition) is 0. The summed E-state index contributed by atoms with van der Waals surface area (Å²) in [5, 5.41) is 1.79. The van der Waals surface area contributed by atoms with Gasteiger partial charge < -0.3 is 14.4 Å². The number of carbonyl (C=O) groups excluding carboxylic acids is 2. The molecule has 4 aromatic rings. The number of rotatable bonds is 8. The van der Waals surface area contributed by atoms with Crippen LogP contribution in [0, 0.1) is 0 Å². The van der Waals surface area contributed by atoms with Crippen LogP contribution in [0.25, 0.3) is 10.1 Å². The number of carbonyl (C=O) groups is 2. The third kappa shape index (κ3) is 6.25. The van der Waals surface area contributed by atoms with Crippen LogP contribution in [0.2, 0.25) is 5.02 Å². The van der Waals surface area contributed by atoms with Gasteiger partial charge in [-0.25, -0.2) is 4.79 Å². The Morgan fingerprint density at radius 1 is 0.947 bits per heavy atom. The van der Waals surface area contributed by atoms with Gasteiger partial charge in [-0.3, -0.25) is 9.69 Å². The molecule has 5 rings (SSSR count). The lowest BCUT2D eigenvalue weighted by molar-refractivity contribution is 0.00346. The number of fused-ring (bicyclic) bond motifs is 1. The van der Waals surface area contributed by atoms with Gasteiger partial charge in [0, 0.05) is 42.4 Å². The highest BCUT2D eigenvalue weighted by atomic mass is 35.5. The zero-order chi connectivity index (χ0) is 26.5. The first-order valence-electron chi connectivity index (χ1n) is 12.5. The quantitative estimate of drug-likeness (QED) is 0.251. The molecule has 1 atom stereocenters. The van der Waals surface area contributed by atoms with Gasteiger partial charge in [0.05, 0.1) is 30.3 Å². The fourth-order valence-electron chi connectivity index (χ4n) is 4.59. The van der Waals surface area contributed by atoms with Crippen molar-refractivity contribution in [3.8, 4) is 0 Å². The lowest BCUT2D eigenvalue weighted by atomic mass is 10.1. The van der Waals surface area contributed by atoms with E-state index in [9.17, 15) is 9.59 Å². The van der Waals surface area contributed by atoms with Crippen LogP contribution in [0.1, 0.15) is 37.3 Å². The van der Waals surface area contributed by atoms with Crippen LogP contribution in [-0.2, 0) is 16.1 Å². The van der Waals surface area contributed by atoms with Crippen LogP contribution in [-0.4, -0.2) is 61.5 Å². The van der Waals surface area contributed by atoms with Gasteiger partial charge in [0.25, 0.3) is 5.91 Å². The molecule has 1 aromatic heterocycles. The third-order valence-corrected chi connectivity index (χ3v) is 8.14. The maximum absolute atomic E-state index is 13.1. The molecule has 38 heavy (non-hydrogen) atoms. The molecular formula is C30H29ClN2O4S. The van der Waals surface area contributed by atoms with Gasteiger partial charge in [0.15, 0.2) is 0 Å². The van der Waals surface area contributed by atoms with Crippen molar-refractivity contribution in [3.63, 3.8) is 0 Å². The Kier molecular flexibility index (Phi) is 8.39. The smallest absolute Gasteiger partial charge is 0.337 e. The van der Waals surface area contributed by atoms with E-state index in [4.69, 9.17) is 21.1 Å². The summed E-state index contributed by atoms with van der Waals surface area (Å²) in [6.45, 7) is 4.01. The van der Waals surface area contributed by atoms with Crippen LogP contribution in [0.5, 0.6) is 0 Å². The summed E-state index contributed by atoms with van der Waals surface area (Å²) in [4.78, 5) is 29.9. The molecule has 0 spiro atoms. The standard InChI is InChI=1S/C30H29ClN2O4S/c1-36-30(35)23-8-6-21(7-9-23)20-37-26(22-10-12-25(31)13-11-22)19-32-14-16-33(17-15-32)29(34)28-18-24-4-2-3-5-27(24)38-28/h2-13,18,26H,14-17,19-20H2,1H3/t26-/m1/s1. The van der Waals surface area contributed by atoms with E-state index in [1.807, 2.05) is 65.6 Å². The molecule has 1 aliphatic heterocycles. The third-order valence-electron chi connectivity index (χ3n) is 6.79. The Labute approximate surface area is 231 Å². The molecule has 1 aliphatic rings. The Bertz CT molecular complexity index is 1360. The fraction of sp³-hybridized carbons (Fsp3) is 0.267. The highest BCUT2D eigenvalue weighted by Gasteiger charge is 2.26. The van der Waals surface area contributed by atoms with E-state index in [-0.39, 0.29) is 18.0 Å². The molecule has 8 heteroatoms. The van der Waals surface area contributed by atoms with Crippen LogP contribution in [0.4, 0.5) is 0 Å². The molecule has 0 bridgehead atoms. The number of benzene rings is 3. The Morgan fingerprint density at radius 2 is 1.66 bits per heavy atom.